The highest BCUT2D eigenvalue weighted by Crippen LogP contribution is 2.20. The number of aryl methyl sites for hydroxylation is 1. The average molecular weight is 414 g/mol. The largest absolute Gasteiger partial charge is 0.338 e. The van der Waals surface area contributed by atoms with Crippen molar-refractivity contribution >= 4 is 29.3 Å². The van der Waals surface area contributed by atoms with Gasteiger partial charge in [0.05, 0.1) is 24.3 Å². The zero-order valence-corrected chi connectivity index (χ0v) is 17.6. The fraction of sp³-hybridized carbons (Fsp3) is 0.333. The minimum atomic E-state index is -0.337. The van der Waals surface area contributed by atoms with E-state index < -0.39 is 0 Å². The summed E-state index contributed by atoms with van der Waals surface area (Å²) in [7, 11) is 1.72. The Labute approximate surface area is 175 Å². The first-order chi connectivity index (χ1) is 13.8. The van der Waals surface area contributed by atoms with Crippen LogP contribution in [-0.2, 0) is 4.79 Å². The van der Waals surface area contributed by atoms with Crippen LogP contribution in [-0.4, -0.2) is 52.2 Å². The second kappa shape index (κ2) is 8.61. The highest BCUT2D eigenvalue weighted by molar-refractivity contribution is 6.29. The van der Waals surface area contributed by atoms with Gasteiger partial charge in [0.1, 0.15) is 5.15 Å². The number of urea groups is 1. The van der Waals surface area contributed by atoms with Gasteiger partial charge in [0.15, 0.2) is 0 Å². The lowest BCUT2D eigenvalue weighted by Crippen LogP contribution is -2.45. The van der Waals surface area contributed by atoms with Gasteiger partial charge in [-0.15, -0.1) is 0 Å². The topological polar surface area (TPSA) is 77.9 Å². The van der Waals surface area contributed by atoms with Crippen molar-refractivity contribution in [1.29, 1.82) is 0 Å². The van der Waals surface area contributed by atoms with Crippen molar-refractivity contribution in [2.45, 2.75) is 32.9 Å². The van der Waals surface area contributed by atoms with Crippen LogP contribution >= 0.6 is 11.6 Å². The summed E-state index contributed by atoms with van der Waals surface area (Å²) in [5.41, 5.74) is 3.54. The molecule has 3 rings (SSSR count). The molecule has 1 aliphatic rings. The Morgan fingerprint density at radius 1 is 1.24 bits per heavy atom. The number of hydrogen-bond acceptors (Lipinski definition) is 4. The minimum Gasteiger partial charge on any atom is -0.335 e. The molecule has 0 saturated carbocycles. The van der Waals surface area contributed by atoms with Crippen LogP contribution in [0, 0.1) is 6.92 Å². The number of nitrogens with zero attached hydrogens (tertiary/aromatic N) is 4. The summed E-state index contributed by atoms with van der Waals surface area (Å²) in [5.74, 6) is -0.0855. The smallest absolute Gasteiger partial charge is 0.335 e. The summed E-state index contributed by atoms with van der Waals surface area (Å²) in [6.07, 6.45) is 1.63. The van der Waals surface area contributed by atoms with Crippen LogP contribution in [0.4, 0.5) is 4.79 Å². The van der Waals surface area contributed by atoms with Crippen molar-refractivity contribution in [3.63, 3.8) is 0 Å². The lowest BCUT2D eigenvalue weighted by molar-refractivity contribution is -0.128. The molecule has 2 aromatic rings. The molecular formula is C21H24ClN5O2. The second-order valence-corrected chi connectivity index (χ2v) is 7.55. The molecule has 152 valence electrons. The molecule has 7 nitrogen and oxygen atoms in total. The van der Waals surface area contributed by atoms with E-state index in [2.05, 4.69) is 15.4 Å². The molecule has 2 atom stereocenters. The summed E-state index contributed by atoms with van der Waals surface area (Å²) in [6, 6.07) is 10.5. The zero-order valence-electron chi connectivity index (χ0n) is 16.9. The standard InChI is InChI=1S/C21H24ClN5O2/c1-13-5-7-16(8-6-13)20-18(26(4)15(3)28)12-27(25-20)21(29)24-14(2)17-9-10-19(22)23-11-17/h5-11,14,18H,12H2,1-4H3,(H,24,29)/t14-,18+/m1/s1. The van der Waals surface area contributed by atoms with E-state index in [9.17, 15) is 9.59 Å². The molecule has 2 heterocycles. The van der Waals surface area contributed by atoms with Crippen molar-refractivity contribution in [2.75, 3.05) is 13.6 Å². The maximum Gasteiger partial charge on any atom is 0.338 e. The number of hydrogen-bond donors (Lipinski definition) is 1. The van der Waals surface area contributed by atoms with Crippen molar-refractivity contribution in [2.24, 2.45) is 5.10 Å². The van der Waals surface area contributed by atoms with Gasteiger partial charge in [0.2, 0.25) is 5.91 Å². The first kappa shape index (κ1) is 20.8. The van der Waals surface area contributed by atoms with E-state index >= 15 is 0 Å². The highest BCUT2D eigenvalue weighted by atomic mass is 35.5. The third kappa shape index (κ3) is 4.74. The highest BCUT2D eigenvalue weighted by Gasteiger charge is 2.35. The summed E-state index contributed by atoms with van der Waals surface area (Å²) >= 11 is 5.82. The van der Waals surface area contributed by atoms with Gasteiger partial charge in [-0.3, -0.25) is 4.79 Å². The SMILES string of the molecule is CC(=O)N(C)[C@H]1CN(C(=O)N[C@H](C)c2ccc(Cl)nc2)N=C1c1ccc(C)cc1. The third-order valence-corrected chi connectivity index (χ3v) is 5.25. The molecule has 1 aromatic carbocycles. The van der Waals surface area contributed by atoms with Gasteiger partial charge in [-0.1, -0.05) is 47.5 Å². The summed E-state index contributed by atoms with van der Waals surface area (Å²) in [6.45, 7) is 5.66. The first-order valence-electron chi connectivity index (χ1n) is 9.34. The minimum absolute atomic E-state index is 0.0855. The number of aromatic nitrogens is 1. The van der Waals surface area contributed by atoms with E-state index in [-0.39, 0.29) is 30.6 Å². The lowest BCUT2D eigenvalue weighted by atomic mass is 10.0. The number of rotatable bonds is 4. The van der Waals surface area contributed by atoms with E-state index in [1.54, 1.807) is 24.2 Å². The van der Waals surface area contributed by atoms with Crippen LogP contribution in [0.5, 0.6) is 0 Å². The Bertz CT molecular complexity index is 927. The monoisotopic (exact) mass is 413 g/mol. The molecule has 8 heteroatoms. The van der Waals surface area contributed by atoms with Crippen molar-refractivity contribution in [1.82, 2.24) is 20.2 Å². The Balaban J connectivity index is 1.81. The van der Waals surface area contributed by atoms with Crippen LogP contribution in [0.1, 0.15) is 36.6 Å². The van der Waals surface area contributed by atoms with E-state index in [1.165, 1.54) is 11.9 Å². The van der Waals surface area contributed by atoms with E-state index in [4.69, 9.17) is 11.6 Å². The van der Waals surface area contributed by atoms with Crippen molar-refractivity contribution < 1.29 is 9.59 Å². The number of halogens is 1. The summed E-state index contributed by atoms with van der Waals surface area (Å²) in [4.78, 5) is 30.4. The predicted octanol–water partition coefficient (Wildman–Crippen LogP) is 3.38. The van der Waals surface area contributed by atoms with Gasteiger partial charge in [-0.2, -0.15) is 5.10 Å². The van der Waals surface area contributed by atoms with Crippen LogP contribution < -0.4 is 5.32 Å². The molecule has 0 aliphatic carbocycles. The number of amides is 3. The molecule has 0 bridgehead atoms. The lowest BCUT2D eigenvalue weighted by Gasteiger charge is -2.25. The molecule has 29 heavy (non-hydrogen) atoms. The van der Waals surface area contributed by atoms with Crippen LogP contribution in [0.25, 0.3) is 0 Å². The Kier molecular flexibility index (Phi) is 6.17. The number of carbonyl (C=O) groups excluding carboxylic acids is 2. The van der Waals surface area contributed by atoms with Gasteiger partial charge in [-0.05, 0) is 31.0 Å². The molecule has 0 unspecified atom stereocenters. The maximum atomic E-state index is 12.8. The number of carbonyl (C=O) groups is 2. The Morgan fingerprint density at radius 3 is 2.52 bits per heavy atom. The zero-order chi connectivity index (χ0) is 21.1. The molecule has 1 N–H and O–H groups in total. The third-order valence-electron chi connectivity index (χ3n) is 5.03. The summed E-state index contributed by atoms with van der Waals surface area (Å²) < 4.78 is 0. The number of nitrogens with one attached hydrogen (secondary N) is 1. The van der Waals surface area contributed by atoms with Gasteiger partial charge >= 0.3 is 6.03 Å². The number of hydrazone groups is 1. The van der Waals surface area contributed by atoms with Crippen LogP contribution in [0.2, 0.25) is 5.15 Å². The maximum absolute atomic E-state index is 12.8. The second-order valence-electron chi connectivity index (χ2n) is 7.16. The fourth-order valence-electron chi connectivity index (χ4n) is 3.10. The molecule has 0 fully saturated rings. The molecule has 0 radical (unpaired) electrons. The van der Waals surface area contributed by atoms with Crippen LogP contribution in [0.15, 0.2) is 47.7 Å². The fourth-order valence-corrected chi connectivity index (χ4v) is 3.21. The van der Waals surface area contributed by atoms with E-state index in [0.717, 1.165) is 16.7 Å². The van der Waals surface area contributed by atoms with E-state index in [1.807, 2.05) is 44.2 Å². The summed E-state index contributed by atoms with van der Waals surface area (Å²) in [5, 5.41) is 9.23. The van der Waals surface area contributed by atoms with Crippen molar-refractivity contribution in [3.8, 4) is 0 Å². The quantitative estimate of drug-likeness (QED) is 0.780. The molecule has 1 aromatic heterocycles. The Hall–Kier alpha value is -2.93. The predicted molar refractivity (Wildman–Crippen MR) is 113 cm³/mol. The number of likely N-dealkylation sites (N-methyl/N-ethyl adjacent to an activating group) is 1. The van der Waals surface area contributed by atoms with Crippen molar-refractivity contribution in [3.05, 3.63) is 64.4 Å². The molecular weight excluding hydrogens is 390 g/mol. The first-order valence-corrected chi connectivity index (χ1v) is 9.72. The number of benzene rings is 1. The molecule has 0 spiro atoms. The van der Waals surface area contributed by atoms with Gasteiger partial charge < -0.3 is 10.2 Å². The normalized spacial score (nSPS) is 16.9. The van der Waals surface area contributed by atoms with Crippen LogP contribution in [0.3, 0.4) is 0 Å². The number of pyridine rings is 1. The van der Waals surface area contributed by atoms with Gasteiger partial charge in [0, 0.05) is 20.2 Å². The average Bonchev–Trinajstić information content (AvgIpc) is 3.13. The van der Waals surface area contributed by atoms with E-state index in [0.29, 0.717) is 10.9 Å². The van der Waals surface area contributed by atoms with Gasteiger partial charge in [-0.25, -0.2) is 14.8 Å². The van der Waals surface area contributed by atoms with Gasteiger partial charge in [0.25, 0.3) is 0 Å². The molecule has 1 aliphatic heterocycles. The Morgan fingerprint density at radius 2 is 1.93 bits per heavy atom. The molecule has 3 amide bonds. The molecule has 0 saturated heterocycles.